The van der Waals surface area contributed by atoms with E-state index in [4.69, 9.17) is 5.11 Å². The molecule has 3 aromatic carbocycles. The summed E-state index contributed by atoms with van der Waals surface area (Å²) < 4.78 is 13.5. The highest BCUT2D eigenvalue weighted by Crippen LogP contribution is 2.38. The number of carbonyl (C=O) groups is 2. The molecule has 4 nitrogen and oxygen atoms in total. The van der Waals surface area contributed by atoms with Crippen LogP contribution in [0.1, 0.15) is 67.6 Å². The first kappa shape index (κ1) is 25.2. The van der Waals surface area contributed by atoms with Crippen LogP contribution in [-0.4, -0.2) is 17.0 Å². The van der Waals surface area contributed by atoms with E-state index < -0.39 is 5.97 Å². The van der Waals surface area contributed by atoms with E-state index in [1.165, 1.54) is 39.9 Å². The van der Waals surface area contributed by atoms with E-state index in [0.717, 1.165) is 51.4 Å². The fraction of sp³-hybridized carbons (Fsp3) is 0.375. The molecular formula is C32H34FNO3. The fourth-order valence-corrected chi connectivity index (χ4v) is 6.05. The number of hydrogen-bond donors (Lipinski definition) is 2. The number of hydrogen-bond acceptors (Lipinski definition) is 2. The molecular weight excluding hydrogens is 465 g/mol. The molecule has 5 rings (SSSR count). The molecule has 192 valence electrons. The van der Waals surface area contributed by atoms with Crippen LogP contribution in [0, 0.1) is 17.7 Å². The van der Waals surface area contributed by atoms with Gasteiger partial charge >= 0.3 is 5.97 Å². The molecule has 1 saturated carbocycles. The van der Waals surface area contributed by atoms with E-state index >= 15 is 0 Å². The van der Waals surface area contributed by atoms with Crippen LogP contribution in [0.4, 0.5) is 10.1 Å². The van der Waals surface area contributed by atoms with Crippen molar-refractivity contribution in [1.82, 2.24) is 0 Å². The summed E-state index contributed by atoms with van der Waals surface area (Å²) in [6.07, 6.45) is 7.67. The van der Waals surface area contributed by atoms with E-state index in [0.29, 0.717) is 23.9 Å². The predicted octanol–water partition coefficient (Wildman–Crippen LogP) is 7.37. The maximum absolute atomic E-state index is 13.5. The molecule has 0 aliphatic heterocycles. The third-order valence-electron chi connectivity index (χ3n) is 8.22. The maximum Gasteiger partial charge on any atom is 0.303 e. The zero-order chi connectivity index (χ0) is 25.8. The number of aliphatic carboxylic acids is 1. The van der Waals surface area contributed by atoms with Gasteiger partial charge in [0.1, 0.15) is 5.82 Å². The quantitative estimate of drug-likeness (QED) is 0.348. The number of aryl methyl sites for hydroxylation is 2. The van der Waals surface area contributed by atoms with E-state index in [-0.39, 0.29) is 17.6 Å². The molecule has 1 unspecified atom stereocenters. The molecule has 2 aliphatic rings. The molecule has 0 spiro atoms. The normalized spacial score (nSPS) is 21.5. The number of carbonyl (C=O) groups excluding carboxylic acids is 1. The van der Waals surface area contributed by atoms with Crippen LogP contribution >= 0.6 is 0 Å². The summed E-state index contributed by atoms with van der Waals surface area (Å²) in [5, 5.41) is 11.9. The third-order valence-corrected chi connectivity index (χ3v) is 8.22. The Morgan fingerprint density at radius 1 is 0.811 bits per heavy atom. The molecule has 0 aromatic heterocycles. The van der Waals surface area contributed by atoms with E-state index in [2.05, 4.69) is 47.8 Å². The monoisotopic (exact) mass is 499 g/mol. The van der Waals surface area contributed by atoms with Gasteiger partial charge in [0.25, 0.3) is 0 Å². The lowest BCUT2D eigenvalue weighted by molar-refractivity contribution is -0.138. The molecule has 0 saturated heterocycles. The van der Waals surface area contributed by atoms with Gasteiger partial charge in [-0.3, -0.25) is 9.59 Å². The Labute approximate surface area is 217 Å². The van der Waals surface area contributed by atoms with Crippen molar-refractivity contribution < 1.29 is 19.1 Å². The van der Waals surface area contributed by atoms with Crippen molar-refractivity contribution in [2.24, 2.45) is 11.8 Å². The fourth-order valence-electron chi connectivity index (χ4n) is 6.05. The number of amides is 1. The van der Waals surface area contributed by atoms with Crippen molar-refractivity contribution in [3.8, 4) is 11.1 Å². The van der Waals surface area contributed by atoms with Crippen molar-refractivity contribution >= 4 is 17.6 Å². The molecule has 2 N–H and O–H groups in total. The van der Waals surface area contributed by atoms with Gasteiger partial charge in [0.05, 0.1) is 0 Å². The van der Waals surface area contributed by atoms with Crippen molar-refractivity contribution in [3.63, 3.8) is 0 Å². The first-order valence-electron chi connectivity index (χ1n) is 13.4. The molecule has 37 heavy (non-hydrogen) atoms. The number of benzene rings is 3. The molecule has 0 bridgehead atoms. The largest absolute Gasteiger partial charge is 0.481 e. The number of fused-ring (bicyclic) bond motifs is 1. The van der Waals surface area contributed by atoms with Crippen LogP contribution in [0.2, 0.25) is 0 Å². The van der Waals surface area contributed by atoms with Crippen LogP contribution < -0.4 is 5.32 Å². The number of carboxylic acid groups (broad SMARTS) is 1. The van der Waals surface area contributed by atoms with Crippen LogP contribution in [0.15, 0.2) is 66.7 Å². The standard InChI is InChI=1S/C32H34FNO3/c33-29-2-1-3-30(20-29)34-32(37)26-14-12-25-13-16-27(19-28(25)17-15-26)24-10-8-23(9-11-24)22-6-4-21(5-7-22)18-31(35)36/h1-3,8-11,13,16,19-22,26H,4-7,12,14-15,17-18H2,(H,34,37)(H,35,36). The third kappa shape index (κ3) is 6.27. The van der Waals surface area contributed by atoms with Gasteiger partial charge in [-0.2, -0.15) is 0 Å². The SMILES string of the molecule is O=C(O)CC1CCC(c2ccc(-c3ccc4c(c3)CCC(C(=O)Nc3cccc(F)c3)CC4)cc2)CC1. The average Bonchev–Trinajstić information content (AvgIpc) is 3.11. The van der Waals surface area contributed by atoms with Crippen LogP contribution in [0.5, 0.6) is 0 Å². The summed E-state index contributed by atoms with van der Waals surface area (Å²) in [7, 11) is 0. The van der Waals surface area contributed by atoms with Gasteiger partial charge in [-0.25, -0.2) is 4.39 Å². The van der Waals surface area contributed by atoms with Gasteiger partial charge < -0.3 is 10.4 Å². The highest BCUT2D eigenvalue weighted by atomic mass is 19.1. The van der Waals surface area contributed by atoms with Crippen LogP contribution in [0.3, 0.4) is 0 Å². The lowest BCUT2D eigenvalue weighted by Gasteiger charge is -2.28. The van der Waals surface area contributed by atoms with Crippen molar-refractivity contribution in [2.45, 2.75) is 63.7 Å². The van der Waals surface area contributed by atoms with Gasteiger partial charge in [-0.1, -0.05) is 48.5 Å². The topological polar surface area (TPSA) is 66.4 Å². The second-order valence-electron chi connectivity index (χ2n) is 10.7. The zero-order valence-corrected chi connectivity index (χ0v) is 21.1. The van der Waals surface area contributed by atoms with Gasteiger partial charge in [-0.15, -0.1) is 0 Å². The minimum atomic E-state index is -0.684. The zero-order valence-electron chi connectivity index (χ0n) is 21.1. The summed E-state index contributed by atoms with van der Waals surface area (Å²) in [6, 6.07) is 21.6. The first-order chi connectivity index (χ1) is 17.9. The summed E-state index contributed by atoms with van der Waals surface area (Å²) in [5.41, 5.74) is 6.85. The second kappa shape index (κ2) is 11.3. The summed E-state index contributed by atoms with van der Waals surface area (Å²) in [4.78, 5) is 23.8. The Hall–Kier alpha value is -3.47. The van der Waals surface area contributed by atoms with Gasteiger partial charge in [-0.05, 0) is 109 Å². The number of anilines is 1. The van der Waals surface area contributed by atoms with Gasteiger partial charge in [0, 0.05) is 18.0 Å². The number of nitrogens with one attached hydrogen (secondary N) is 1. The van der Waals surface area contributed by atoms with Crippen molar-refractivity contribution in [3.05, 3.63) is 89.2 Å². The molecule has 1 fully saturated rings. The van der Waals surface area contributed by atoms with E-state index in [1.54, 1.807) is 12.1 Å². The Balaban J connectivity index is 1.21. The summed E-state index contributed by atoms with van der Waals surface area (Å²) in [6.45, 7) is 0. The number of rotatable bonds is 6. The summed E-state index contributed by atoms with van der Waals surface area (Å²) in [5.74, 6) is -0.331. The second-order valence-corrected chi connectivity index (χ2v) is 10.7. The molecule has 1 atom stereocenters. The molecule has 1 amide bonds. The maximum atomic E-state index is 13.5. The van der Waals surface area contributed by atoms with Gasteiger partial charge in [0.2, 0.25) is 5.91 Å². The minimum Gasteiger partial charge on any atom is -0.481 e. The van der Waals surface area contributed by atoms with Crippen molar-refractivity contribution in [2.75, 3.05) is 5.32 Å². The molecule has 2 aliphatic carbocycles. The van der Waals surface area contributed by atoms with Crippen LogP contribution in [-0.2, 0) is 22.4 Å². The Bertz CT molecular complexity index is 1260. The predicted molar refractivity (Wildman–Crippen MR) is 144 cm³/mol. The number of halogens is 1. The Kier molecular flexibility index (Phi) is 7.68. The van der Waals surface area contributed by atoms with E-state index in [1.807, 2.05) is 0 Å². The lowest BCUT2D eigenvalue weighted by atomic mass is 9.77. The lowest BCUT2D eigenvalue weighted by Crippen LogP contribution is -2.23. The minimum absolute atomic E-state index is 0.0359. The molecule has 3 aromatic rings. The molecule has 0 heterocycles. The van der Waals surface area contributed by atoms with Gasteiger partial charge in [0.15, 0.2) is 0 Å². The Morgan fingerprint density at radius 2 is 1.51 bits per heavy atom. The summed E-state index contributed by atoms with van der Waals surface area (Å²) >= 11 is 0. The highest BCUT2D eigenvalue weighted by molar-refractivity contribution is 5.92. The Morgan fingerprint density at radius 3 is 2.22 bits per heavy atom. The first-order valence-corrected chi connectivity index (χ1v) is 13.4. The average molecular weight is 500 g/mol. The van der Waals surface area contributed by atoms with Crippen molar-refractivity contribution in [1.29, 1.82) is 0 Å². The highest BCUT2D eigenvalue weighted by Gasteiger charge is 2.25. The number of carboxylic acids is 1. The van der Waals surface area contributed by atoms with E-state index in [9.17, 15) is 14.0 Å². The molecule has 5 heteroatoms. The molecule has 0 radical (unpaired) electrons. The van der Waals surface area contributed by atoms with Crippen LogP contribution in [0.25, 0.3) is 11.1 Å². The smallest absolute Gasteiger partial charge is 0.303 e.